The maximum absolute atomic E-state index is 12.1. The number of hydrogen-bond donors (Lipinski definition) is 2. The van der Waals surface area contributed by atoms with Gasteiger partial charge in [-0.25, -0.2) is 4.98 Å². The lowest BCUT2D eigenvalue weighted by Crippen LogP contribution is -2.42. The molecule has 3 heterocycles. The molecule has 0 radical (unpaired) electrons. The molecule has 0 spiro atoms. The van der Waals surface area contributed by atoms with Crippen molar-refractivity contribution in [1.82, 2.24) is 14.9 Å². The van der Waals surface area contributed by atoms with Crippen molar-refractivity contribution < 1.29 is 9.53 Å². The Morgan fingerprint density at radius 3 is 3.04 bits per heavy atom. The molecule has 0 bridgehead atoms. The van der Waals surface area contributed by atoms with Gasteiger partial charge in [0.25, 0.3) is 0 Å². The number of carbonyl (C=O) groups is 1. The van der Waals surface area contributed by atoms with E-state index in [9.17, 15) is 4.79 Å². The van der Waals surface area contributed by atoms with E-state index in [1.807, 2.05) is 31.2 Å². The fourth-order valence-electron chi connectivity index (χ4n) is 3.40. The van der Waals surface area contributed by atoms with Crippen molar-refractivity contribution in [3.05, 3.63) is 53.5 Å². The molecule has 1 unspecified atom stereocenters. The van der Waals surface area contributed by atoms with Crippen LogP contribution in [0, 0.1) is 0 Å². The normalized spacial score (nSPS) is 23.6. The molecular weight excluding hydrogens is 304 g/mol. The highest BCUT2D eigenvalue weighted by Gasteiger charge is 2.32. The van der Waals surface area contributed by atoms with E-state index in [1.54, 1.807) is 6.33 Å². The second kappa shape index (κ2) is 5.79. The summed E-state index contributed by atoms with van der Waals surface area (Å²) in [5, 5.41) is 0. The van der Waals surface area contributed by atoms with Crippen LogP contribution in [0.4, 0.5) is 0 Å². The molecule has 3 N–H and O–H groups in total. The highest BCUT2D eigenvalue weighted by molar-refractivity contribution is 5.94. The molecule has 0 aliphatic carbocycles. The third kappa shape index (κ3) is 2.59. The number of hydrogen-bond acceptors (Lipinski definition) is 4. The first-order valence-electron chi connectivity index (χ1n) is 8.12. The van der Waals surface area contributed by atoms with Crippen molar-refractivity contribution in [3.63, 3.8) is 0 Å². The average molecular weight is 324 g/mol. The summed E-state index contributed by atoms with van der Waals surface area (Å²) in [5.41, 5.74) is 10.2. The Labute approximate surface area is 140 Å². The predicted octanol–water partition coefficient (Wildman–Crippen LogP) is 2.02. The maximum atomic E-state index is 12.1. The first-order chi connectivity index (χ1) is 11.6. The van der Waals surface area contributed by atoms with Crippen molar-refractivity contribution in [2.45, 2.75) is 25.5 Å². The van der Waals surface area contributed by atoms with Crippen LogP contribution in [0.15, 0.2) is 47.9 Å². The SMILES string of the molecule is CC1=CN(C[C@@H]2CCO2)C(c2ccc3nc[nH]c3c2)C(C(N)=O)=C1. The topological polar surface area (TPSA) is 84.2 Å². The van der Waals surface area contributed by atoms with Crippen molar-refractivity contribution in [2.24, 2.45) is 5.73 Å². The number of imidazole rings is 1. The summed E-state index contributed by atoms with van der Waals surface area (Å²) in [6.45, 7) is 3.53. The first kappa shape index (κ1) is 15.0. The molecule has 0 saturated carbocycles. The lowest BCUT2D eigenvalue weighted by molar-refractivity contribution is -0.115. The summed E-state index contributed by atoms with van der Waals surface area (Å²) in [6, 6.07) is 5.80. The molecule has 2 aliphatic rings. The highest BCUT2D eigenvalue weighted by atomic mass is 16.5. The molecule has 4 rings (SSSR count). The molecule has 1 amide bonds. The summed E-state index contributed by atoms with van der Waals surface area (Å²) >= 11 is 0. The summed E-state index contributed by atoms with van der Waals surface area (Å²) in [5.74, 6) is -0.392. The van der Waals surface area contributed by atoms with E-state index in [2.05, 4.69) is 21.1 Å². The van der Waals surface area contributed by atoms with Crippen molar-refractivity contribution >= 4 is 16.9 Å². The molecule has 1 aromatic heterocycles. The number of benzene rings is 1. The number of nitrogens with two attached hydrogens (primary N) is 1. The number of allylic oxidation sites excluding steroid dienone is 2. The van der Waals surface area contributed by atoms with Crippen LogP contribution in [0.25, 0.3) is 11.0 Å². The van der Waals surface area contributed by atoms with Crippen molar-refractivity contribution in [1.29, 1.82) is 0 Å². The molecule has 6 nitrogen and oxygen atoms in total. The molecule has 1 fully saturated rings. The van der Waals surface area contributed by atoms with Gasteiger partial charge in [-0.15, -0.1) is 0 Å². The Morgan fingerprint density at radius 1 is 1.50 bits per heavy atom. The van der Waals surface area contributed by atoms with E-state index in [0.29, 0.717) is 5.57 Å². The van der Waals surface area contributed by atoms with Gasteiger partial charge in [0, 0.05) is 24.9 Å². The Morgan fingerprint density at radius 2 is 2.33 bits per heavy atom. The maximum Gasteiger partial charge on any atom is 0.247 e. The molecule has 2 aromatic rings. The van der Waals surface area contributed by atoms with E-state index >= 15 is 0 Å². The lowest BCUT2D eigenvalue weighted by Gasteiger charge is -2.39. The van der Waals surface area contributed by atoms with E-state index in [-0.39, 0.29) is 12.1 Å². The molecule has 2 aliphatic heterocycles. The largest absolute Gasteiger partial charge is 0.376 e. The van der Waals surface area contributed by atoms with E-state index in [1.165, 1.54) is 0 Å². The monoisotopic (exact) mass is 324 g/mol. The zero-order valence-electron chi connectivity index (χ0n) is 13.5. The summed E-state index contributed by atoms with van der Waals surface area (Å²) in [4.78, 5) is 21.6. The molecule has 24 heavy (non-hydrogen) atoms. The Kier molecular flexibility index (Phi) is 3.61. The fraction of sp³-hybridized carbons (Fsp3) is 0.333. The number of primary amides is 1. The van der Waals surface area contributed by atoms with Gasteiger partial charge in [0.1, 0.15) is 0 Å². The number of aromatic nitrogens is 2. The Hall–Kier alpha value is -2.60. The molecule has 124 valence electrons. The number of aromatic amines is 1. The Bertz CT molecular complexity index is 848. The third-order valence-corrected chi connectivity index (χ3v) is 4.63. The van der Waals surface area contributed by atoms with Gasteiger partial charge in [0.15, 0.2) is 0 Å². The minimum absolute atomic E-state index is 0.205. The van der Waals surface area contributed by atoms with E-state index < -0.39 is 5.91 Å². The molecule has 2 atom stereocenters. The van der Waals surface area contributed by atoms with Crippen LogP contribution in [0.3, 0.4) is 0 Å². The zero-order valence-corrected chi connectivity index (χ0v) is 13.5. The Balaban J connectivity index is 1.76. The second-order valence-corrected chi connectivity index (χ2v) is 6.40. The van der Waals surface area contributed by atoms with Crippen LogP contribution in [0.5, 0.6) is 0 Å². The summed E-state index contributed by atoms with van der Waals surface area (Å²) in [7, 11) is 0. The van der Waals surface area contributed by atoms with Crippen LogP contribution in [0.2, 0.25) is 0 Å². The minimum Gasteiger partial charge on any atom is -0.376 e. The fourth-order valence-corrected chi connectivity index (χ4v) is 3.40. The molecule has 6 heteroatoms. The quantitative estimate of drug-likeness (QED) is 0.901. The number of nitrogens with zero attached hydrogens (tertiary/aromatic N) is 2. The van der Waals surface area contributed by atoms with Gasteiger partial charge < -0.3 is 20.4 Å². The van der Waals surface area contributed by atoms with E-state index in [0.717, 1.165) is 41.7 Å². The smallest absolute Gasteiger partial charge is 0.247 e. The number of carbonyl (C=O) groups excluding carboxylic acids is 1. The van der Waals surface area contributed by atoms with Crippen LogP contribution in [-0.2, 0) is 9.53 Å². The van der Waals surface area contributed by atoms with Crippen LogP contribution in [0.1, 0.15) is 24.9 Å². The third-order valence-electron chi connectivity index (χ3n) is 4.63. The van der Waals surface area contributed by atoms with Crippen molar-refractivity contribution in [3.8, 4) is 0 Å². The standard InChI is InChI=1S/C18H20N4O2/c1-11-6-14(18(19)23)17(22(8-11)9-13-4-5-24-13)12-2-3-15-16(7-12)21-10-20-15/h2-3,6-8,10,13,17H,4-5,9H2,1H3,(H2,19,23)(H,20,21)/t13-,17?/m0/s1. The molecule has 1 aromatic carbocycles. The number of H-pyrrole nitrogens is 1. The number of amides is 1. The number of fused-ring (bicyclic) bond motifs is 1. The van der Waals surface area contributed by atoms with Gasteiger partial charge in [-0.05, 0) is 42.7 Å². The predicted molar refractivity (Wildman–Crippen MR) is 90.9 cm³/mol. The van der Waals surface area contributed by atoms with Gasteiger partial charge in [-0.2, -0.15) is 0 Å². The highest BCUT2D eigenvalue weighted by Crippen LogP contribution is 2.35. The lowest BCUT2D eigenvalue weighted by atomic mass is 9.91. The van der Waals surface area contributed by atoms with Crippen molar-refractivity contribution in [2.75, 3.05) is 13.2 Å². The minimum atomic E-state index is -0.392. The second-order valence-electron chi connectivity index (χ2n) is 6.40. The summed E-state index contributed by atoms with van der Waals surface area (Å²) < 4.78 is 5.58. The van der Waals surface area contributed by atoms with Gasteiger partial charge in [0.05, 0.1) is 29.5 Å². The zero-order chi connectivity index (χ0) is 16.7. The van der Waals surface area contributed by atoms with Gasteiger partial charge >= 0.3 is 0 Å². The molecule has 1 saturated heterocycles. The van der Waals surface area contributed by atoms with Crippen LogP contribution in [-0.4, -0.2) is 40.0 Å². The summed E-state index contributed by atoms with van der Waals surface area (Å²) in [6.07, 6.45) is 6.88. The van der Waals surface area contributed by atoms with Crippen LogP contribution < -0.4 is 5.73 Å². The number of nitrogens with one attached hydrogen (secondary N) is 1. The van der Waals surface area contributed by atoms with Gasteiger partial charge in [-0.3, -0.25) is 4.79 Å². The van der Waals surface area contributed by atoms with E-state index in [4.69, 9.17) is 10.5 Å². The van der Waals surface area contributed by atoms with Gasteiger partial charge in [-0.1, -0.05) is 6.07 Å². The molecular formula is C18H20N4O2. The number of rotatable bonds is 4. The average Bonchev–Trinajstić information content (AvgIpc) is 2.97. The number of ether oxygens (including phenoxy) is 1. The first-order valence-corrected chi connectivity index (χ1v) is 8.12. The van der Waals surface area contributed by atoms with Crippen LogP contribution >= 0.6 is 0 Å². The van der Waals surface area contributed by atoms with Gasteiger partial charge in [0.2, 0.25) is 5.91 Å².